The largest absolute Gasteiger partial charge is 0.361 e. The molecule has 0 radical (unpaired) electrons. The zero-order valence-corrected chi connectivity index (χ0v) is 22.8. The molecular weight excluding hydrogens is 492 g/mol. The van der Waals surface area contributed by atoms with E-state index < -0.39 is 23.9 Å². The van der Waals surface area contributed by atoms with Gasteiger partial charge in [0.1, 0.15) is 23.6 Å². The number of nitrogens with one attached hydrogen (secondary N) is 4. The first-order valence-corrected chi connectivity index (χ1v) is 13.2. The van der Waals surface area contributed by atoms with Gasteiger partial charge in [-0.1, -0.05) is 62.4 Å². The van der Waals surface area contributed by atoms with Crippen molar-refractivity contribution < 1.29 is 14.4 Å². The Morgan fingerprint density at radius 2 is 1.69 bits per heavy atom. The van der Waals surface area contributed by atoms with Crippen molar-refractivity contribution in [2.24, 2.45) is 5.92 Å². The molecule has 9 nitrogen and oxygen atoms in total. The van der Waals surface area contributed by atoms with Crippen LogP contribution in [0.15, 0.2) is 67.0 Å². The van der Waals surface area contributed by atoms with Gasteiger partial charge in [-0.25, -0.2) is 4.98 Å². The quantitative estimate of drug-likeness (QED) is 0.236. The minimum atomic E-state index is -0.875. The molecule has 2 atom stereocenters. The van der Waals surface area contributed by atoms with E-state index in [9.17, 15) is 14.4 Å². The number of H-pyrrole nitrogens is 2. The first kappa shape index (κ1) is 27.6. The lowest BCUT2D eigenvalue weighted by Gasteiger charge is -2.26. The third kappa shape index (κ3) is 6.93. The summed E-state index contributed by atoms with van der Waals surface area (Å²) in [6, 6.07) is 15.6. The second-order valence-electron chi connectivity index (χ2n) is 10.3. The Hall–Kier alpha value is -4.40. The number of likely N-dealkylation sites (N-methyl/N-ethyl adjacent to an activating group) is 1. The van der Waals surface area contributed by atoms with Gasteiger partial charge in [-0.15, -0.1) is 0 Å². The first-order chi connectivity index (χ1) is 18.7. The van der Waals surface area contributed by atoms with Crippen molar-refractivity contribution in [2.45, 2.75) is 45.7 Å². The van der Waals surface area contributed by atoms with Gasteiger partial charge in [0.25, 0.3) is 5.91 Å². The number of aromatic amines is 2. The fourth-order valence-electron chi connectivity index (χ4n) is 4.36. The number of amides is 3. The molecule has 2 aromatic carbocycles. The highest BCUT2D eigenvalue weighted by Gasteiger charge is 2.28. The molecule has 0 bridgehead atoms. The highest BCUT2D eigenvalue weighted by Crippen LogP contribution is 2.20. The van der Waals surface area contributed by atoms with Gasteiger partial charge in [-0.2, -0.15) is 0 Å². The molecule has 0 aliphatic carbocycles. The van der Waals surface area contributed by atoms with Crippen LogP contribution in [0.5, 0.6) is 0 Å². The molecule has 39 heavy (non-hydrogen) atoms. The highest BCUT2D eigenvalue weighted by molar-refractivity contribution is 5.97. The number of hydrogen-bond donors (Lipinski definition) is 4. The van der Waals surface area contributed by atoms with Crippen LogP contribution in [-0.2, 0) is 16.0 Å². The number of rotatable bonds is 11. The van der Waals surface area contributed by atoms with Crippen LogP contribution in [0.4, 0.5) is 0 Å². The number of para-hydroxylation sites is 1. The maximum atomic E-state index is 13.5. The lowest BCUT2D eigenvalue weighted by Crippen LogP contribution is -2.54. The van der Waals surface area contributed by atoms with Crippen molar-refractivity contribution in [2.75, 3.05) is 13.6 Å². The number of benzene rings is 2. The van der Waals surface area contributed by atoms with Gasteiger partial charge in [0.05, 0.1) is 6.20 Å². The SMILES string of the molecule is CC(C)CCN(C)C(=O)[C@@H](Cc1c[nH]c2ccccc12)NC(=O)[C@H](C)NC(=O)c1cnc(-c2ccccc2)[nH]1. The molecule has 204 valence electrons. The number of nitrogens with zero attached hydrogens (tertiary/aromatic N) is 2. The summed E-state index contributed by atoms with van der Waals surface area (Å²) >= 11 is 0. The van der Waals surface area contributed by atoms with Gasteiger partial charge < -0.3 is 25.5 Å². The molecule has 4 N–H and O–H groups in total. The summed E-state index contributed by atoms with van der Waals surface area (Å²) in [6.07, 6.45) is 4.49. The molecule has 2 heterocycles. The third-order valence-electron chi connectivity index (χ3n) is 6.74. The number of fused-ring (bicyclic) bond motifs is 1. The summed E-state index contributed by atoms with van der Waals surface area (Å²) in [6.45, 7) is 6.40. The minimum Gasteiger partial charge on any atom is -0.361 e. The molecule has 0 aliphatic heterocycles. The smallest absolute Gasteiger partial charge is 0.270 e. The molecule has 0 spiro atoms. The lowest BCUT2D eigenvalue weighted by atomic mass is 10.0. The van der Waals surface area contributed by atoms with Crippen molar-refractivity contribution >= 4 is 28.6 Å². The summed E-state index contributed by atoms with van der Waals surface area (Å²) in [5.74, 6) is -0.0647. The Balaban J connectivity index is 1.45. The van der Waals surface area contributed by atoms with Crippen LogP contribution in [0.2, 0.25) is 0 Å². The number of aromatic nitrogens is 3. The number of carbonyl (C=O) groups is 3. The summed E-state index contributed by atoms with van der Waals surface area (Å²) < 4.78 is 0. The van der Waals surface area contributed by atoms with Crippen molar-refractivity contribution in [1.82, 2.24) is 30.5 Å². The molecule has 3 amide bonds. The maximum Gasteiger partial charge on any atom is 0.270 e. The molecule has 2 aromatic heterocycles. The predicted octanol–water partition coefficient (Wildman–Crippen LogP) is 3.91. The van der Waals surface area contributed by atoms with Crippen molar-refractivity contribution in [3.05, 3.63) is 78.2 Å². The second kappa shape index (κ2) is 12.4. The maximum absolute atomic E-state index is 13.5. The molecule has 0 saturated heterocycles. The van der Waals surface area contributed by atoms with Crippen molar-refractivity contribution in [3.63, 3.8) is 0 Å². The first-order valence-electron chi connectivity index (χ1n) is 13.2. The van der Waals surface area contributed by atoms with E-state index >= 15 is 0 Å². The van der Waals surface area contributed by atoms with Crippen LogP contribution < -0.4 is 10.6 Å². The van der Waals surface area contributed by atoms with Crippen LogP contribution in [0.25, 0.3) is 22.3 Å². The summed E-state index contributed by atoms with van der Waals surface area (Å²) in [4.78, 5) is 51.7. The van der Waals surface area contributed by atoms with Crippen LogP contribution in [-0.4, -0.2) is 63.2 Å². The van der Waals surface area contributed by atoms with Gasteiger partial charge in [-0.05, 0) is 30.9 Å². The number of carbonyl (C=O) groups excluding carboxylic acids is 3. The van der Waals surface area contributed by atoms with Gasteiger partial charge in [0, 0.05) is 42.7 Å². The van der Waals surface area contributed by atoms with E-state index in [1.54, 1.807) is 18.9 Å². The second-order valence-corrected chi connectivity index (χ2v) is 10.3. The molecule has 9 heteroatoms. The van der Waals surface area contributed by atoms with E-state index in [2.05, 4.69) is 39.4 Å². The van der Waals surface area contributed by atoms with E-state index in [1.165, 1.54) is 6.20 Å². The molecule has 4 aromatic rings. The van der Waals surface area contributed by atoms with Gasteiger partial charge in [-0.3, -0.25) is 14.4 Å². The Morgan fingerprint density at radius 1 is 0.974 bits per heavy atom. The molecule has 0 fully saturated rings. The highest BCUT2D eigenvalue weighted by atomic mass is 16.2. The Morgan fingerprint density at radius 3 is 2.44 bits per heavy atom. The van der Waals surface area contributed by atoms with E-state index in [1.807, 2.05) is 60.8 Å². The molecule has 0 saturated carbocycles. The van der Waals surface area contributed by atoms with Crippen LogP contribution in [0.3, 0.4) is 0 Å². The lowest BCUT2D eigenvalue weighted by molar-refractivity contribution is -0.135. The average Bonchev–Trinajstić information content (AvgIpc) is 3.59. The summed E-state index contributed by atoms with van der Waals surface area (Å²) in [5.41, 5.74) is 2.99. The monoisotopic (exact) mass is 528 g/mol. The van der Waals surface area contributed by atoms with Crippen molar-refractivity contribution in [3.8, 4) is 11.4 Å². The zero-order chi connectivity index (χ0) is 27.9. The third-order valence-corrected chi connectivity index (χ3v) is 6.74. The molecule has 0 aliphatic rings. The molecule has 0 unspecified atom stereocenters. The van der Waals surface area contributed by atoms with Gasteiger partial charge in [0.15, 0.2) is 0 Å². The Kier molecular flexibility index (Phi) is 8.81. The van der Waals surface area contributed by atoms with E-state index in [0.717, 1.165) is 28.5 Å². The summed E-state index contributed by atoms with van der Waals surface area (Å²) in [7, 11) is 1.76. The van der Waals surface area contributed by atoms with Gasteiger partial charge >= 0.3 is 0 Å². The fraction of sp³-hybridized carbons (Fsp3) is 0.333. The number of hydrogen-bond acceptors (Lipinski definition) is 4. The number of imidazole rings is 1. The topological polar surface area (TPSA) is 123 Å². The van der Waals surface area contributed by atoms with E-state index in [-0.39, 0.29) is 11.6 Å². The van der Waals surface area contributed by atoms with Gasteiger partial charge in [0.2, 0.25) is 11.8 Å². The normalized spacial score (nSPS) is 12.7. The minimum absolute atomic E-state index is 0.172. The van der Waals surface area contributed by atoms with Crippen molar-refractivity contribution in [1.29, 1.82) is 0 Å². The molecular formula is C30H36N6O3. The summed E-state index contributed by atoms with van der Waals surface area (Å²) in [5, 5.41) is 6.60. The van der Waals surface area contributed by atoms with E-state index in [0.29, 0.717) is 24.7 Å². The Labute approximate surface area is 228 Å². The zero-order valence-electron chi connectivity index (χ0n) is 22.8. The van der Waals surface area contributed by atoms with Crippen LogP contribution >= 0.6 is 0 Å². The van der Waals surface area contributed by atoms with Crippen LogP contribution in [0, 0.1) is 5.92 Å². The predicted molar refractivity (Wildman–Crippen MR) is 152 cm³/mol. The average molecular weight is 529 g/mol. The molecule has 4 rings (SSSR count). The Bertz CT molecular complexity index is 1420. The fourth-order valence-corrected chi connectivity index (χ4v) is 4.36. The van der Waals surface area contributed by atoms with Crippen LogP contribution in [0.1, 0.15) is 43.2 Å². The van der Waals surface area contributed by atoms with E-state index in [4.69, 9.17) is 0 Å². The standard InChI is InChI=1S/C30H36N6O3/c1-19(2)14-15-36(4)30(39)25(16-22-17-31-24-13-9-8-12-23(22)24)35-28(37)20(3)33-29(38)26-18-32-27(34-26)21-10-6-5-7-11-21/h5-13,17-20,25,31H,14-16H2,1-4H3,(H,32,34)(H,33,38)(H,35,37)/t20-,25+/m0/s1.